The fourth-order valence-corrected chi connectivity index (χ4v) is 0.916. The molecular weight excluding hydrogens is 147 g/mol. The number of ether oxygens (including phenoxy) is 1. The molecule has 11 heavy (non-hydrogen) atoms. The third-order valence-electron chi connectivity index (χ3n) is 1.57. The molecule has 0 saturated carbocycles. The van der Waals surface area contributed by atoms with Gasteiger partial charge in [0.05, 0.1) is 6.61 Å². The topological polar surface area (TPSA) is 35.0 Å². The van der Waals surface area contributed by atoms with Gasteiger partial charge in [-0.05, 0) is 6.07 Å². The average Bonchev–Trinajstić information content (AvgIpc) is 1.86. The number of halogens is 1. The van der Waals surface area contributed by atoms with Gasteiger partial charge in [0.25, 0.3) is 0 Å². The van der Waals surface area contributed by atoms with Gasteiger partial charge in [0.15, 0.2) is 5.82 Å². The van der Waals surface area contributed by atoms with Gasteiger partial charge in [0.1, 0.15) is 6.10 Å². The van der Waals surface area contributed by atoms with Crippen molar-refractivity contribution in [1.82, 2.24) is 9.97 Å². The van der Waals surface area contributed by atoms with Crippen molar-refractivity contribution in [3.05, 3.63) is 24.3 Å². The van der Waals surface area contributed by atoms with E-state index in [4.69, 9.17) is 4.74 Å². The number of hydrogen-bond acceptors (Lipinski definition) is 3. The summed E-state index contributed by atoms with van der Waals surface area (Å²) in [6.07, 6.45) is 4.71. The monoisotopic (exact) mass is 156 g/mol. The minimum atomic E-state index is 0. The average molecular weight is 156 g/mol. The van der Waals surface area contributed by atoms with Crippen molar-refractivity contribution in [2.45, 2.75) is 12.5 Å². The predicted molar refractivity (Wildman–Crippen MR) is 37.8 cm³/mol. The number of rotatable bonds is 1. The van der Waals surface area contributed by atoms with Crippen molar-refractivity contribution < 1.29 is 9.44 Å². The summed E-state index contributed by atoms with van der Waals surface area (Å²) in [5.41, 5.74) is 0. The van der Waals surface area contributed by atoms with Crippen molar-refractivity contribution in [1.29, 1.82) is 0 Å². The minimum absolute atomic E-state index is 0. The normalized spacial score (nSPS) is 21.6. The zero-order chi connectivity index (χ0) is 6.81. The second-order valence-electron chi connectivity index (χ2n) is 2.26. The summed E-state index contributed by atoms with van der Waals surface area (Å²) < 4.78 is 5.19. The van der Waals surface area contributed by atoms with Crippen LogP contribution >= 0.6 is 0 Å². The van der Waals surface area contributed by atoms with Crippen molar-refractivity contribution in [2.75, 3.05) is 6.61 Å². The van der Waals surface area contributed by atoms with E-state index >= 15 is 0 Å². The van der Waals surface area contributed by atoms with Crippen LogP contribution in [0.1, 0.15) is 18.3 Å². The lowest BCUT2D eigenvalue weighted by molar-refractivity contribution is -0.0580. The van der Waals surface area contributed by atoms with E-state index in [1.807, 2.05) is 6.07 Å². The number of nitrogens with zero attached hydrogens (tertiary/aromatic N) is 2. The van der Waals surface area contributed by atoms with Gasteiger partial charge in [-0.25, -0.2) is 9.97 Å². The molecule has 2 heterocycles. The molecular formula is C7H9FN2O. The first kappa shape index (κ1) is 8.07. The maximum atomic E-state index is 5.19. The van der Waals surface area contributed by atoms with E-state index < -0.39 is 0 Å². The highest BCUT2D eigenvalue weighted by atomic mass is 19.0. The standard InChI is InChI=1S/C7H8N2O.FH/c1-3-8-7(9-4-1)6-2-5-10-6;/h1,3-4,6H,2,5H2;1H. The molecule has 0 aliphatic carbocycles. The van der Waals surface area contributed by atoms with Gasteiger partial charge >= 0.3 is 0 Å². The molecule has 1 atom stereocenters. The first-order chi connectivity index (χ1) is 4.97. The summed E-state index contributed by atoms with van der Waals surface area (Å²) in [6, 6.07) is 1.81. The molecule has 1 aliphatic heterocycles. The molecule has 4 heteroatoms. The van der Waals surface area contributed by atoms with Gasteiger partial charge in [-0.2, -0.15) is 0 Å². The summed E-state index contributed by atoms with van der Waals surface area (Å²) in [4.78, 5) is 8.13. The Hall–Kier alpha value is -1.03. The van der Waals surface area contributed by atoms with E-state index in [2.05, 4.69) is 9.97 Å². The highest BCUT2D eigenvalue weighted by molar-refractivity contribution is 4.95. The summed E-state index contributed by atoms with van der Waals surface area (Å²) in [6.45, 7) is 0.850. The van der Waals surface area contributed by atoms with E-state index in [9.17, 15) is 0 Å². The van der Waals surface area contributed by atoms with E-state index in [-0.39, 0.29) is 10.8 Å². The molecule has 0 radical (unpaired) electrons. The zero-order valence-corrected chi connectivity index (χ0v) is 5.93. The van der Waals surface area contributed by atoms with Crippen LogP contribution in [0.25, 0.3) is 0 Å². The highest BCUT2D eigenvalue weighted by Gasteiger charge is 2.21. The summed E-state index contributed by atoms with van der Waals surface area (Å²) >= 11 is 0. The molecule has 0 aromatic carbocycles. The summed E-state index contributed by atoms with van der Waals surface area (Å²) in [5.74, 6) is 0.814. The molecule has 1 aromatic rings. The van der Waals surface area contributed by atoms with Gasteiger partial charge < -0.3 is 4.74 Å². The first-order valence-corrected chi connectivity index (χ1v) is 3.35. The first-order valence-electron chi connectivity index (χ1n) is 3.35. The van der Waals surface area contributed by atoms with Crippen molar-refractivity contribution >= 4 is 0 Å². The molecule has 0 N–H and O–H groups in total. The lowest BCUT2D eigenvalue weighted by atomic mass is 10.2. The zero-order valence-electron chi connectivity index (χ0n) is 5.93. The Morgan fingerprint density at radius 2 is 2.00 bits per heavy atom. The fourth-order valence-electron chi connectivity index (χ4n) is 0.916. The van der Waals surface area contributed by atoms with Crippen LogP contribution in [0.4, 0.5) is 4.70 Å². The predicted octanol–water partition coefficient (Wildman–Crippen LogP) is 1.09. The smallest absolute Gasteiger partial charge is 0.157 e. The Morgan fingerprint density at radius 1 is 1.36 bits per heavy atom. The lowest BCUT2D eigenvalue weighted by Crippen LogP contribution is -2.20. The molecule has 60 valence electrons. The Morgan fingerprint density at radius 3 is 2.45 bits per heavy atom. The maximum absolute atomic E-state index is 5.19. The van der Waals surface area contributed by atoms with Crippen LogP contribution < -0.4 is 0 Å². The molecule has 1 aromatic heterocycles. The molecule has 0 bridgehead atoms. The summed E-state index contributed by atoms with van der Waals surface area (Å²) in [5, 5.41) is 0. The SMILES string of the molecule is F.c1cnc(C2CCO2)nc1. The lowest BCUT2D eigenvalue weighted by Gasteiger charge is -2.24. The van der Waals surface area contributed by atoms with Crippen molar-refractivity contribution in [2.24, 2.45) is 0 Å². The quantitative estimate of drug-likeness (QED) is 0.610. The highest BCUT2D eigenvalue weighted by Crippen LogP contribution is 2.25. The largest absolute Gasteiger partial charge is 0.370 e. The second kappa shape index (κ2) is 3.39. The van der Waals surface area contributed by atoms with Gasteiger partial charge in [-0.1, -0.05) is 0 Å². The van der Waals surface area contributed by atoms with Crippen molar-refractivity contribution in [3.8, 4) is 0 Å². The van der Waals surface area contributed by atoms with Crippen LogP contribution in [0.2, 0.25) is 0 Å². The van der Waals surface area contributed by atoms with E-state index in [1.54, 1.807) is 12.4 Å². The molecule has 1 saturated heterocycles. The third kappa shape index (κ3) is 1.51. The Bertz CT molecular complexity index is 213. The molecule has 0 spiro atoms. The van der Waals surface area contributed by atoms with E-state index in [0.717, 1.165) is 18.9 Å². The number of hydrogen-bond donors (Lipinski definition) is 0. The summed E-state index contributed by atoms with van der Waals surface area (Å²) in [7, 11) is 0. The van der Waals surface area contributed by atoms with E-state index in [0.29, 0.717) is 0 Å². The van der Waals surface area contributed by atoms with Gasteiger partial charge in [-0.15, -0.1) is 0 Å². The van der Waals surface area contributed by atoms with Crippen molar-refractivity contribution in [3.63, 3.8) is 0 Å². The molecule has 1 unspecified atom stereocenters. The molecule has 3 nitrogen and oxygen atoms in total. The second-order valence-corrected chi connectivity index (χ2v) is 2.26. The van der Waals surface area contributed by atoms with Crippen LogP contribution in [-0.4, -0.2) is 16.6 Å². The third-order valence-corrected chi connectivity index (χ3v) is 1.57. The van der Waals surface area contributed by atoms with Crippen LogP contribution in [0, 0.1) is 0 Å². The minimum Gasteiger partial charge on any atom is -0.370 e. The molecule has 1 fully saturated rings. The van der Waals surface area contributed by atoms with Gasteiger partial charge in [-0.3, -0.25) is 4.70 Å². The van der Waals surface area contributed by atoms with Crippen LogP contribution in [0.3, 0.4) is 0 Å². The maximum Gasteiger partial charge on any atom is 0.157 e. The molecule has 1 aliphatic rings. The Labute approximate surface area is 63.8 Å². The van der Waals surface area contributed by atoms with Crippen LogP contribution in [0.15, 0.2) is 18.5 Å². The molecule has 0 amide bonds. The number of aromatic nitrogens is 2. The Balaban J connectivity index is 0.000000605. The molecule has 2 rings (SSSR count). The van der Waals surface area contributed by atoms with Crippen LogP contribution in [0.5, 0.6) is 0 Å². The van der Waals surface area contributed by atoms with Gasteiger partial charge in [0, 0.05) is 18.8 Å². The van der Waals surface area contributed by atoms with E-state index in [1.165, 1.54) is 0 Å². The Kier molecular flexibility index (Phi) is 2.48. The van der Waals surface area contributed by atoms with Crippen LogP contribution in [-0.2, 0) is 4.74 Å². The van der Waals surface area contributed by atoms with Gasteiger partial charge in [0.2, 0.25) is 0 Å². The fraction of sp³-hybridized carbons (Fsp3) is 0.429.